The number of aryl methyl sites for hydroxylation is 2. The molecule has 4 heteroatoms. The number of likely N-dealkylation sites (N-methyl/N-ethyl adjacent to an activating group) is 1. The molecule has 0 aliphatic heterocycles. The van der Waals surface area contributed by atoms with E-state index in [0.29, 0.717) is 0 Å². The molecule has 2 aromatic carbocycles. The van der Waals surface area contributed by atoms with E-state index in [2.05, 4.69) is 83.9 Å². The number of ether oxygens (including phenoxy) is 2. The largest absolute Gasteiger partial charge is 0.496 e. The second-order valence-electron chi connectivity index (χ2n) is 10.4. The summed E-state index contributed by atoms with van der Waals surface area (Å²) in [5.74, 6) is 2.06. The van der Waals surface area contributed by atoms with Gasteiger partial charge in [-0.05, 0) is 61.2 Å². The van der Waals surface area contributed by atoms with Crippen LogP contribution in [0.5, 0.6) is 11.5 Å². The number of hydrogen-bond donors (Lipinski definition) is 0. The minimum absolute atomic E-state index is 0.220. The SMILES string of the molecule is [C-]#[N+]C(CCC[N+](C)(C)CCc1ccc(C)c(OC)c1)(c1cc(C)c(C)c(OC)c1)C(C)C. The zero-order chi connectivity index (χ0) is 24.8. The Hall–Kier alpha value is -2.51. The normalized spacial score (nSPS) is 13.5. The van der Waals surface area contributed by atoms with Gasteiger partial charge in [-0.1, -0.05) is 26.0 Å². The Labute approximate surface area is 201 Å². The highest BCUT2D eigenvalue weighted by atomic mass is 16.5. The number of rotatable bonds is 11. The van der Waals surface area contributed by atoms with Crippen LogP contribution in [0.25, 0.3) is 4.85 Å². The predicted molar refractivity (Wildman–Crippen MR) is 138 cm³/mol. The molecule has 180 valence electrons. The average Bonchev–Trinajstić information content (AvgIpc) is 2.77. The third kappa shape index (κ3) is 6.30. The van der Waals surface area contributed by atoms with Crippen molar-refractivity contribution >= 4 is 0 Å². The summed E-state index contributed by atoms with van der Waals surface area (Å²) in [6.07, 6.45) is 2.86. The van der Waals surface area contributed by atoms with Crippen LogP contribution in [0, 0.1) is 33.3 Å². The first-order valence-electron chi connectivity index (χ1n) is 12.0. The van der Waals surface area contributed by atoms with E-state index < -0.39 is 5.54 Å². The van der Waals surface area contributed by atoms with Crippen LogP contribution in [-0.2, 0) is 12.0 Å². The Balaban J connectivity index is 2.12. The van der Waals surface area contributed by atoms with Crippen molar-refractivity contribution in [3.63, 3.8) is 0 Å². The molecular formula is C29H43N2O2+. The van der Waals surface area contributed by atoms with E-state index in [0.717, 1.165) is 59.5 Å². The Morgan fingerprint density at radius 2 is 1.61 bits per heavy atom. The lowest BCUT2D eigenvalue weighted by atomic mass is 9.76. The summed E-state index contributed by atoms with van der Waals surface area (Å²) in [7, 11) is 8.03. The highest BCUT2D eigenvalue weighted by Crippen LogP contribution is 2.41. The van der Waals surface area contributed by atoms with Crippen molar-refractivity contribution in [3.8, 4) is 11.5 Å². The van der Waals surface area contributed by atoms with Crippen LogP contribution in [0.2, 0.25) is 0 Å². The topological polar surface area (TPSA) is 22.8 Å². The molecule has 0 N–H and O–H groups in total. The number of benzene rings is 2. The van der Waals surface area contributed by atoms with Crippen molar-refractivity contribution in [2.45, 2.75) is 59.4 Å². The van der Waals surface area contributed by atoms with E-state index in [1.807, 2.05) is 0 Å². The van der Waals surface area contributed by atoms with Crippen LogP contribution < -0.4 is 9.47 Å². The highest BCUT2D eigenvalue weighted by molar-refractivity contribution is 5.46. The summed E-state index contributed by atoms with van der Waals surface area (Å²) in [5.41, 5.74) is 5.36. The van der Waals surface area contributed by atoms with Crippen molar-refractivity contribution in [3.05, 3.63) is 69.6 Å². The summed E-state index contributed by atoms with van der Waals surface area (Å²) >= 11 is 0. The third-order valence-corrected chi connectivity index (χ3v) is 7.29. The lowest BCUT2D eigenvalue weighted by Gasteiger charge is -2.32. The molecule has 0 saturated heterocycles. The quantitative estimate of drug-likeness (QED) is 0.287. The van der Waals surface area contributed by atoms with Crippen molar-refractivity contribution in [2.75, 3.05) is 41.4 Å². The Morgan fingerprint density at radius 1 is 0.939 bits per heavy atom. The molecule has 0 bridgehead atoms. The number of methoxy groups -OCH3 is 2. The van der Waals surface area contributed by atoms with E-state index >= 15 is 0 Å². The molecule has 1 unspecified atom stereocenters. The molecular weight excluding hydrogens is 408 g/mol. The van der Waals surface area contributed by atoms with Gasteiger partial charge >= 0.3 is 0 Å². The maximum absolute atomic E-state index is 8.18. The maximum atomic E-state index is 8.18. The molecule has 33 heavy (non-hydrogen) atoms. The smallest absolute Gasteiger partial charge is 0.260 e. The summed E-state index contributed by atoms with van der Waals surface area (Å²) in [6.45, 7) is 20.9. The van der Waals surface area contributed by atoms with E-state index in [4.69, 9.17) is 16.0 Å². The summed E-state index contributed by atoms with van der Waals surface area (Å²) < 4.78 is 12.0. The van der Waals surface area contributed by atoms with Gasteiger partial charge < -0.3 is 18.8 Å². The van der Waals surface area contributed by atoms with Crippen LogP contribution in [0.1, 0.15) is 54.5 Å². The molecule has 0 aromatic heterocycles. The van der Waals surface area contributed by atoms with Gasteiger partial charge in [-0.2, -0.15) is 0 Å². The zero-order valence-electron chi connectivity index (χ0n) is 22.2. The minimum Gasteiger partial charge on any atom is -0.496 e. The van der Waals surface area contributed by atoms with Crippen molar-refractivity contribution in [2.24, 2.45) is 5.92 Å². The van der Waals surface area contributed by atoms with Gasteiger partial charge in [0.15, 0.2) is 0 Å². The Bertz CT molecular complexity index is 988. The van der Waals surface area contributed by atoms with Crippen molar-refractivity contribution in [1.29, 1.82) is 0 Å². The van der Waals surface area contributed by atoms with Gasteiger partial charge in [-0.15, -0.1) is 0 Å². The van der Waals surface area contributed by atoms with Crippen LogP contribution in [0.15, 0.2) is 30.3 Å². The molecule has 4 nitrogen and oxygen atoms in total. The lowest BCUT2D eigenvalue weighted by molar-refractivity contribution is -0.890. The molecule has 0 aliphatic carbocycles. The molecule has 2 aromatic rings. The zero-order valence-corrected chi connectivity index (χ0v) is 22.2. The van der Waals surface area contributed by atoms with Crippen molar-refractivity contribution in [1.82, 2.24) is 0 Å². The van der Waals surface area contributed by atoms with Gasteiger partial charge in [0.1, 0.15) is 11.5 Å². The molecule has 0 heterocycles. The van der Waals surface area contributed by atoms with Gasteiger partial charge in [-0.25, -0.2) is 6.57 Å². The number of hydrogen-bond acceptors (Lipinski definition) is 2. The first-order valence-corrected chi connectivity index (χ1v) is 12.0. The average molecular weight is 452 g/mol. The molecule has 0 radical (unpaired) electrons. The monoisotopic (exact) mass is 451 g/mol. The van der Waals surface area contributed by atoms with E-state index in [9.17, 15) is 0 Å². The number of nitrogens with zero attached hydrogens (tertiary/aromatic N) is 2. The first-order chi connectivity index (χ1) is 15.5. The maximum Gasteiger partial charge on any atom is 0.260 e. The molecule has 0 aliphatic rings. The van der Waals surface area contributed by atoms with Gasteiger partial charge in [0, 0.05) is 30.7 Å². The fourth-order valence-electron chi connectivity index (χ4n) is 4.64. The van der Waals surface area contributed by atoms with Crippen molar-refractivity contribution < 1.29 is 14.0 Å². The fraction of sp³-hybridized carbons (Fsp3) is 0.552. The van der Waals surface area contributed by atoms with E-state index in [1.54, 1.807) is 14.2 Å². The Morgan fingerprint density at radius 3 is 2.18 bits per heavy atom. The molecule has 2 rings (SSSR count). The van der Waals surface area contributed by atoms with E-state index in [1.165, 1.54) is 16.7 Å². The van der Waals surface area contributed by atoms with Gasteiger partial charge in [0.25, 0.3) is 5.54 Å². The molecule has 1 atom stereocenters. The second-order valence-corrected chi connectivity index (χ2v) is 10.4. The molecule has 0 fully saturated rings. The molecule has 0 saturated carbocycles. The standard InChI is InChI=1S/C29H43N2O2/c1-21(2)29(30-6,26-18-23(4)24(5)28(20-26)33-10)15-11-16-31(7,8)17-14-25-13-12-22(3)27(19-25)32-9/h12-13,18-21H,11,14-17H2,1-5,7-10H3/q+1. The molecule has 0 amide bonds. The van der Waals surface area contributed by atoms with Gasteiger partial charge in [0.2, 0.25) is 0 Å². The first kappa shape index (κ1) is 26.7. The summed E-state index contributed by atoms with van der Waals surface area (Å²) in [4.78, 5) is 4.25. The summed E-state index contributed by atoms with van der Waals surface area (Å²) in [6, 6.07) is 10.8. The molecule has 0 spiro atoms. The highest BCUT2D eigenvalue weighted by Gasteiger charge is 2.43. The van der Waals surface area contributed by atoms with Crippen LogP contribution >= 0.6 is 0 Å². The van der Waals surface area contributed by atoms with E-state index in [-0.39, 0.29) is 5.92 Å². The summed E-state index contributed by atoms with van der Waals surface area (Å²) in [5, 5.41) is 0. The van der Waals surface area contributed by atoms with Crippen LogP contribution in [-0.4, -0.2) is 45.9 Å². The predicted octanol–water partition coefficient (Wildman–Crippen LogP) is 6.50. The second kappa shape index (κ2) is 11.1. The fourth-order valence-corrected chi connectivity index (χ4v) is 4.64. The van der Waals surface area contributed by atoms with Crippen LogP contribution in [0.4, 0.5) is 0 Å². The van der Waals surface area contributed by atoms with Gasteiger partial charge in [-0.3, -0.25) is 0 Å². The van der Waals surface area contributed by atoms with Crippen LogP contribution in [0.3, 0.4) is 0 Å². The Kier molecular flexibility index (Phi) is 8.97. The third-order valence-electron chi connectivity index (χ3n) is 7.29. The van der Waals surface area contributed by atoms with Gasteiger partial charge in [0.05, 0.1) is 41.4 Å². The minimum atomic E-state index is -0.532. The number of quaternary nitrogens is 1. The lowest BCUT2D eigenvalue weighted by Crippen LogP contribution is -2.43.